The van der Waals surface area contributed by atoms with Gasteiger partial charge in [0, 0.05) is 30.0 Å². The van der Waals surface area contributed by atoms with Crippen LogP contribution in [0.1, 0.15) is 46.8 Å². The molecule has 5 rings (SSSR count). The van der Waals surface area contributed by atoms with E-state index in [0.717, 1.165) is 17.0 Å². The minimum Gasteiger partial charge on any atom is -0.356 e. The van der Waals surface area contributed by atoms with Crippen LogP contribution in [-0.4, -0.2) is 23.5 Å². The molecule has 2 fully saturated rings. The van der Waals surface area contributed by atoms with Gasteiger partial charge in [0.2, 0.25) is 0 Å². The zero-order valence-electron chi connectivity index (χ0n) is 15.8. The minimum absolute atomic E-state index is 0.0194. The van der Waals surface area contributed by atoms with Crippen molar-refractivity contribution >= 4 is 5.78 Å². The fourth-order valence-corrected chi connectivity index (χ4v) is 3.73. The van der Waals surface area contributed by atoms with Crippen LogP contribution in [0.15, 0.2) is 65.2 Å². The van der Waals surface area contributed by atoms with Gasteiger partial charge in [0.1, 0.15) is 0 Å². The molecule has 1 aromatic heterocycles. The molecule has 1 heterocycles. The summed E-state index contributed by atoms with van der Waals surface area (Å²) >= 11 is 0. The molecule has 0 saturated heterocycles. The van der Waals surface area contributed by atoms with Crippen molar-refractivity contribution in [2.75, 3.05) is 6.54 Å². The zero-order chi connectivity index (χ0) is 18.9. The molecule has 2 unspecified atom stereocenters. The lowest BCUT2D eigenvalue weighted by molar-refractivity contribution is 0.0984. The summed E-state index contributed by atoms with van der Waals surface area (Å²) in [5.41, 5.74) is 3.69. The first kappa shape index (κ1) is 17.4. The highest BCUT2D eigenvalue weighted by Gasteiger charge is 2.38. The van der Waals surface area contributed by atoms with Crippen LogP contribution in [0.3, 0.4) is 0 Å². The second kappa shape index (κ2) is 7.36. The quantitative estimate of drug-likeness (QED) is 0.586. The Hall–Kier alpha value is -2.72. The predicted molar refractivity (Wildman–Crippen MR) is 108 cm³/mol. The third-order valence-corrected chi connectivity index (χ3v) is 5.78. The monoisotopic (exact) mass is 372 g/mol. The van der Waals surface area contributed by atoms with Gasteiger partial charge < -0.3 is 9.84 Å². The third-order valence-electron chi connectivity index (χ3n) is 5.78. The van der Waals surface area contributed by atoms with Crippen molar-refractivity contribution in [2.24, 2.45) is 5.92 Å². The maximum Gasteiger partial charge on any atom is 0.189 e. The molecule has 0 amide bonds. The van der Waals surface area contributed by atoms with Gasteiger partial charge in [0.05, 0.1) is 0 Å². The lowest BCUT2D eigenvalue weighted by Crippen LogP contribution is -2.20. The number of hydrogen-bond donors (Lipinski definition) is 1. The highest BCUT2D eigenvalue weighted by atomic mass is 16.5. The van der Waals surface area contributed by atoms with Crippen LogP contribution in [0, 0.1) is 5.92 Å². The fourth-order valence-electron chi connectivity index (χ4n) is 3.73. The number of rotatable bonds is 8. The van der Waals surface area contributed by atoms with E-state index in [-0.39, 0.29) is 5.78 Å². The highest BCUT2D eigenvalue weighted by Crippen LogP contribution is 2.41. The number of hydrogen-bond acceptors (Lipinski definition) is 4. The summed E-state index contributed by atoms with van der Waals surface area (Å²) in [7, 11) is 0. The summed E-state index contributed by atoms with van der Waals surface area (Å²) in [4.78, 5) is 12.6. The van der Waals surface area contributed by atoms with Crippen molar-refractivity contribution in [3.63, 3.8) is 0 Å². The van der Waals surface area contributed by atoms with Crippen LogP contribution in [0.5, 0.6) is 0 Å². The van der Waals surface area contributed by atoms with Crippen molar-refractivity contribution in [2.45, 2.75) is 37.6 Å². The SMILES string of the molecule is O=C(Cc1ccc(C2CC2NCC2CC2)cc1)c1cc(-c2ccccc2)on1. The van der Waals surface area contributed by atoms with Crippen molar-refractivity contribution in [1.82, 2.24) is 10.5 Å². The van der Waals surface area contributed by atoms with E-state index in [0.29, 0.717) is 29.8 Å². The third kappa shape index (κ3) is 3.92. The molecule has 2 saturated carbocycles. The second-order valence-electron chi connectivity index (χ2n) is 8.08. The molecule has 2 aliphatic rings. The van der Waals surface area contributed by atoms with Crippen molar-refractivity contribution in [1.29, 1.82) is 0 Å². The largest absolute Gasteiger partial charge is 0.356 e. The summed E-state index contributed by atoms with van der Waals surface area (Å²) in [6.45, 7) is 1.18. The number of benzene rings is 2. The fraction of sp³-hybridized carbons (Fsp3) is 0.333. The Kier molecular flexibility index (Phi) is 4.57. The molecule has 0 aliphatic heterocycles. The lowest BCUT2D eigenvalue weighted by Gasteiger charge is -2.04. The van der Waals surface area contributed by atoms with Gasteiger partial charge in [0.15, 0.2) is 17.2 Å². The van der Waals surface area contributed by atoms with Crippen LogP contribution in [0.4, 0.5) is 0 Å². The zero-order valence-corrected chi connectivity index (χ0v) is 15.8. The van der Waals surface area contributed by atoms with E-state index in [1.807, 2.05) is 30.3 Å². The topological polar surface area (TPSA) is 55.1 Å². The molecule has 0 bridgehead atoms. The van der Waals surface area contributed by atoms with E-state index in [1.165, 1.54) is 31.4 Å². The maximum atomic E-state index is 12.6. The van der Waals surface area contributed by atoms with Gasteiger partial charge in [-0.1, -0.05) is 59.8 Å². The molecule has 2 aromatic carbocycles. The number of carbonyl (C=O) groups is 1. The van der Waals surface area contributed by atoms with Crippen molar-refractivity contribution in [3.05, 3.63) is 77.5 Å². The van der Waals surface area contributed by atoms with Gasteiger partial charge in [-0.3, -0.25) is 4.79 Å². The highest BCUT2D eigenvalue weighted by molar-refractivity contribution is 5.96. The summed E-state index contributed by atoms with van der Waals surface area (Å²) in [6, 6.07) is 20.6. The van der Waals surface area contributed by atoms with Crippen LogP contribution in [0.25, 0.3) is 11.3 Å². The average molecular weight is 372 g/mol. The smallest absolute Gasteiger partial charge is 0.189 e. The maximum absolute atomic E-state index is 12.6. The van der Waals surface area contributed by atoms with E-state index >= 15 is 0 Å². The normalized spacial score (nSPS) is 20.9. The van der Waals surface area contributed by atoms with E-state index in [2.05, 4.69) is 34.7 Å². The molecule has 4 nitrogen and oxygen atoms in total. The Morgan fingerprint density at radius 2 is 1.86 bits per heavy atom. The van der Waals surface area contributed by atoms with Crippen LogP contribution in [-0.2, 0) is 6.42 Å². The lowest BCUT2D eigenvalue weighted by atomic mass is 10.0. The van der Waals surface area contributed by atoms with Crippen LogP contribution in [0.2, 0.25) is 0 Å². The molecule has 2 aliphatic carbocycles. The first-order valence-corrected chi connectivity index (χ1v) is 10.1. The van der Waals surface area contributed by atoms with Crippen LogP contribution >= 0.6 is 0 Å². The van der Waals surface area contributed by atoms with Gasteiger partial charge in [-0.2, -0.15) is 0 Å². The molecule has 142 valence electrons. The van der Waals surface area contributed by atoms with Gasteiger partial charge in [-0.05, 0) is 42.9 Å². The molecule has 2 atom stereocenters. The Morgan fingerprint density at radius 3 is 2.61 bits per heavy atom. The van der Waals surface area contributed by atoms with Gasteiger partial charge in [0.25, 0.3) is 0 Å². The summed E-state index contributed by atoms with van der Waals surface area (Å²) < 4.78 is 5.35. The number of nitrogens with zero attached hydrogens (tertiary/aromatic N) is 1. The van der Waals surface area contributed by atoms with E-state index < -0.39 is 0 Å². The summed E-state index contributed by atoms with van der Waals surface area (Å²) in [5, 5.41) is 7.64. The summed E-state index contributed by atoms with van der Waals surface area (Å²) in [6.07, 6.45) is 4.36. The van der Waals surface area contributed by atoms with Crippen LogP contribution < -0.4 is 5.32 Å². The van der Waals surface area contributed by atoms with Crippen molar-refractivity contribution in [3.8, 4) is 11.3 Å². The Labute approximate surface area is 164 Å². The standard InChI is InChI=1S/C24H24N2O2/c27-23(22-14-24(28-26-22)19-4-2-1-3-5-19)12-16-8-10-18(11-9-16)20-13-21(20)25-15-17-6-7-17/h1-5,8-11,14,17,20-21,25H,6-7,12-13,15H2. The first-order chi connectivity index (χ1) is 13.8. The van der Waals surface area contributed by atoms with Crippen molar-refractivity contribution < 1.29 is 9.32 Å². The Bertz CT molecular complexity index is 958. The molecular formula is C24H24N2O2. The molecule has 0 radical (unpaired) electrons. The molecule has 4 heteroatoms. The number of ketones is 1. The number of carbonyl (C=O) groups excluding carboxylic acids is 1. The van der Waals surface area contributed by atoms with Gasteiger partial charge in [-0.25, -0.2) is 0 Å². The average Bonchev–Trinajstić information content (AvgIpc) is 3.65. The van der Waals surface area contributed by atoms with E-state index in [9.17, 15) is 4.79 Å². The first-order valence-electron chi connectivity index (χ1n) is 10.1. The molecule has 0 spiro atoms. The Morgan fingerprint density at radius 1 is 1.07 bits per heavy atom. The predicted octanol–water partition coefficient (Wildman–Crippen LogP) is 4.62. The van der Waals surface area contributed by atoms with Gasteiger partial charge in [-0.15, -0.1) is 0 Å². The molecule has 3 aromatic rings. The van der Waals surface area contributed by atoms with E-state index in [1.54, 1.807) is 6.07 Å². The number of nitrogens with one attached hydrogen (secondary N) is 1. The molecule has 28 heavy (non-hydrogen) atoms. The number of Topliss-reactive ketones (excluding diaryl/α,β-unsaturated/α-hetero) is 1. The molecule has 1 N–H and O–H groups in total. The molecular weight excluding hydrogens is 348 g/mol. The van der Waals surface area contributed by atoms with Gasteiger partial charge >= 0.3 is 0 Å². The summed E-state index contributed by atoms with van der Waals surface area (Å²) in [5.74, 6) is 2.16. The van der Waals surface area contributed by atoms with E-state index in [4.69, 9.17) is 4.52 Å². The second-order valence-corrected chi connectivity index (χ2v) is 8.08. The minimum atomic E-state index is -0.0194. The Balaban J connectivity index is 1.18. The number of aromatic nitrogens is 1.